The second kappa shape index (κ2) is 8.31. The second-order valence-corrected chi connectivity index (χ2v) is 7.19. The summed E-state index contributed by atoms with van der Waals surface area (Å²) in [7, 11) is 0. The van der Waals surface area contributed by atoms with E-state index in [2.05, 4.69) is 21.2 Å². The van der Waals surface area contributed by atoms with Crippen molar-refractivity contribution in [3.63, 3.8) is 0 Å². The van der Waals surface area contributed by atoms with Crippen molar-refractivity contribution < 1.29 is 22.7 Å². The highest BCUT2D eigenvalue weighted by Crippen LogP contribution is 2.36. The first-order valence-electron chi connectivity index (χ1n) is 7.66. The Balaban J connectivity index is 2.07. The molecule has 0 atom stereocenters. The van der Waals surface area contributed by atoms with Gasteiger partial charge in [0.05, 0.1) is 10.6 Å². The summed E-state index contributed by atoms with van der Waals surface area (Å²) in [6.07, 6.45) is -4.60. The lowest BCUT2D eigenvalue weighted by molar-refractivity contribution is -0.137. The predicted molar refractivity (Wildman–Crippen MR) is 98.8 cm³/mol. The Morgan fingerprint density at radius 2 is 1.92 bits per heavy atom. The molecule has 0 saturated carbocycles. The van der Waals surface area contributed by atoms with Gasteiger partial charge < -0.3 is 10.1 Å². The van der Waals surface area contributed by atoms with Crippen LogP contribution in [-0.4, -0.2) is 12.5 Å². The maximum Gasteiger partial charge on any atom is 0.417 e. The normalized spacial score (nSPS) is 11.5. The van der Waals surface area contributed by atoms with E-state index in [1.54, 1.807) is 12.1 Å². The van der Waals surface area contributed by atoms with Crippen molar-refractivity contribution in [1.82, 2.24) is 0 Å². The number of hydrogen-bond acceptors (Lipinski definition) is 2. The van der Waals surface area contributed by atoms with E-state index < -0.39 is 22.7 Å². The smallest absolute Gasteiger partial charge is 0.417 e. The van der Waals surface area contributed by atoms with Crippen LogP contribution in [-0.2, 0) is 11.0 Å². The fraction of sp³-hybridized carbons (Fsp3) is 0.278. The van der Waals surface area contributed by atoms with Crippen molar-refractivity contribution in [2.24, 2.45) is 0 Å². The Morgan fingerprint density at radius 3 is 2.54 bits per heavy atom. The lowest BCUT2D eigenvalue weighted by Gasteiger charge is -2.15. The van der Waals surface area contributed by atoms with E-state index in [1.165, 1.54) is 6.07 Å². The van der Waals surface area contributed by atoms with Crippen LogP contribution in [0.25, 0.3) is 0 Å². The van der Waals surface area contributed by atoms with Gasteiger partial charge in [0.15, 0.2) is 6.61 Å². The number of halogens is 5. The Kier molecular flexibility index (Phi) is 6.58. The van der Waals surface area contributed by atoms with E-state index in [1.807, 2.05) is 19.9 Å². The van der Waals surface area contributed by atoms with E-state index in [0.717, 1.165) is 22.2 Å². The van der Waals surface area contributed by atoms with E-state index in [9.17, 15) is 18.0 Å². The van der Waals surface area contributed by atoms with Crippen LogP contribution >= 0.6 is 27.5 Å². The zero-order chi connectivity index (χ0) is 19.5. The molecule has 0 heterocycles. The summed E-state index contributed by atoms with van der Waals surface area (Å²) in [4.78, 5) is 12.0. The Bertz CT molecular complexity index is 810. The lowest BCUT2D eigenvalue weighted by atomic mass is 10.0. The summed E-state index contributed by atoms with van der Waals surface area (Å²) in [5, 5.41) is 1.95. The molecule has 2 rings (SSSR count). The van der Waals surface area contributed by atoms with Crippen molar-refractivity contribution in [3.8, 4) is 5.75 Å². The zero-order valence-corrected chi connectivity index (χ0v) is 16.3. The third-order valence-corrected chi connectivity index (χ3v) is 4.33. The molecule has 26 heavy (non-hydrogen) atoms. The third kappa shape index (κ3) is 5.38. The molecule has 2 aromatic carbocycles. The van der Waals surface area contributed by atoms with Gasteiger partial charge in [-0.25, -0.2) is 0 Å². The van der Waals surface area contributed by atoms with Crippen molar-refractivity contribution in [2.75, 3.05) is 11.9 Å². The molecule has 0 aliphatic heterocycles. The van der Waals surface area contributed by atoms with Gasteiger partial charge in [-0.1, -0.05) is 41.4 Å². The number of carbonyl (C=O) groups is 1. The molecule has 1 N–H and O–H groups in total. The fourth-order valence-corrected chi connectivity index (χ4v) is 2.87. The van der Waals surface area contributed by atoms with Gasteiger partial charge in [-0.15, -0.1) is 0 Å². The molecule has 1 amide bonds. The summed E-state index contributed by atoms with van der Waals surface area (Å²) in [6.45, 7) is 3.65. The van der Waals surface area contributed by atoms with Crippen LogP contribution in [0, 0.1) is 0 Å². The Labute approximate surface area is 162 Å². The monoisotopic (exact) mass is 449 g/mol. The largest absolute Gasteiger partial charge is 0.483 e. The molecule has 3 nitrogen and oxygen atoms in total. The van der Waals surface area contributed by atoms with Gasteiger partial charge in [-0.2, -0.15) is 13.2 Å². The summed E-state index contributed by atoms with van der Waals surface area (Å²) in [5.74, 6) is 0.152. The first kappa shape index (κ1) is 20.6. The molecular weight excluding hydrogens is 435 g/mol. The predicted octanol–water partition coefficient (Wildman–Crippen LogP) is 6.26. The van der Waals surface area contributed by atoms with Crippen LogP contribution in [0.1, 0.15) is 30.9 Å². The number of nitrogens with one attached hydrogen (secondary N) is 1. The number of hydrogen-bond donors (Lipinski definition) is 1. The van der Waals surface area contributed by atoms with Crippen molar-refractivity contribution >= 4 is 39.1 Å². The van der Waals surface area contributed by atoms with Crippen molar-refractivity contribution in [2.45, 2.75) is 25.9 Å². The average Bonchev–Trinajstić information content (AvgIpc) is 2.54. The SMILES string of the molecule is CC(C)c1cc(Br)ccc1OCC(=O)Nc1ccc(Cl)c(C(F)(F)F)c1. The van der Waals surface area contributed by atoms with Crippen LogP contribution in [0.2, 0.25) is 5.02 Å². The van der Waals surface area contributed by atoms with Gasteiger partial charge in [0.2, 0.25) is 0 Å². The highest BCUT2D eigenvalue weighted by molar-refractivity contribution is 9.10. The maximum absolute atomic E-state index is 12.9. The highest BCUT2D eigenvalue weighted by atomic mass is 79.9. The minimum absolute atomic E-state index is 0.00443. The fourth-order valence-electron chi connectivity index (χ4n) is 2.26. The Morgan fingerprint density at radius 1 is 1.23 bits per heavy atom. The van der Waals surface area contributed by atoms with Gasteiger partial charge in [0.1, 0.15) is 5.75 Å². The number of rotatable bonds is 5. The summed E-state index contributed by atoms with van der Waals surface area (Å²) >= 11 is 8.94. The number of carbonyl (C=O) groups excluding carboxylic acids is 1. The maximum atomic E-state index is 12.9. The van der Waals surface area contributed by atoms with Crippen LogP contribution < -0.4 is 10.1 Å². The van der Waals surface area contributed by atoms with Crippen LogP contribution in [0.3, 0.4) is 0 Å². The second-order valence-electron chi connectivity index (χ2n) is 5.87. The molecule has 0 fully saturated rings. The highest BCUT2D eigenvalue weighted by Gasteiger charge is 2.33. The molecule has 0 unspecified atom stereocenters. The molecule has 0 saturated heterocycles. The summed E-state index contributed by atoms with van der Waals surface area (Å²) < 4.78 is 45.0. The first-order chi connectivity index (χ1) is 12.1. The average molecular weight is 451 g/mol. The molecule has 0 spiro atoms. The minimum Gasteiger partial charge on any atom is -0.483 e. The van der Waals surface area contributed by atoms with Gasteiger partial charge in [0, 0.05) is 10.2 Å². The van der Waals surface area contributed by atoms with Crippen LogP contribution in [0.5, 0.6) is 5.75 Å². The van der Waals surface area contributed by atoms with E-state index in [4.69, 9.17) is 16.3 Å². The number of alkyl halides is 3. The molecule has 140 valence electrons. The molecule has 0 radical (unpaired) electrons. The number of amides is 1. The first-order valence-corrected chi connectivity index (χ1v) is 8.84. The summed E-state index contributed by atoms with van der Waals surface area (Å²) in [5.41, 5.74) is -0.0962. The van der Waals surface area contributed by atoms with Gasteiger partial charge in [-0.3, -0.25) is 4.79 Å². The minimum atomic E-state index is -4.60. The van der Waals surface area contributed by atoms with E-state index >= 15 is 0 Å². The zero-order valence-electron chi connectivity index (χ0n) is 14.0. The number of benzene rings is 2. The van der Waals surface area contributed by atoms with Gasteiger partial charge in [-0.05, 0) is 47.9 Å². The lowest BCUT2D eigenvalue weighted by Crippen LogP contribution is -2.21. The topological polar surface area (TPSA) is 38.3 Å². The van der Waals surface area contributed by atoms with Crippen molar-refractivity contribution in [1.29, 1.82) is 0 Å². The molecule has 0 aliphatic carbocycles. The molecule has 2 aromatic rings. The van der Waals surface area contributed by atoms with E-state index in [-0.39, 0.29) is 18.2 Å². The molecule has 0 aromatic heterocycles. The number of anilines is 1. The van der Waals surface area contributed by atoms with Crippen molar-refractivity contribution in [3.05, 3.63) is 57.0 Å². The number of ether oxygens (including phenoxy) is 1. The molecule has 0 aliphatic rings. The standard InChI is InChI=1S/C18H16BrClF3NO2/c1-10(2)13-7-11(19)3-6-16(13)26-9-17(25)24-12-4-5-15(20)14(8-12)18(21,22)23/h3-8,10H,9H2,1-2H3,(H,24,25). The summed E-state index contributed by atoms with van der Waals surface area (Å²) in [6, 6.07) is 8.60. The molecular formula is C18H16BrClF3NO2. The molecule has 8 heteroatoms. The molecule has 0 bridgehead atoms. The van der Waals surface area contributed by atoms with Crippen LogP contribution in [0.4, 0.5) is 18.9 Å². The van der Waals surface area contributed by atoms with Gasteiger partial charge >= 0.3 is 6.18 Å². The Hall–Kier alpha value is -1.73. The third-order valence-electron chi connectivity index (χ3n) is 3.51. The van der Waals surface area contributed by atoms with E-state index in [0.29, 0.717) is 5.75 Å². The quantitative estimate of drug-likeness (QED) is 0.584. The van der Waals surface area contributed by atoms with Crippen LogP contribution in [0.15, 0.2) is 40.9 Å². The van der Waals surface area contributed by atoms with Gasteiger partial charge in [0.25, 0.3) is 5.91 Å².